The standard InChI is InChI=1S/C24H27FN3/c1-28(2)9-7-16(8-10-28)11-20-13-18-12-17(3-6-23(18)27-20)22-15-26-24-14-19(25)4-5-21(22)24/h3-6,12,14-16,26H,7-11,13H2,1-2H3/q+1. The van der Waals surface area contributed by atoms with Gasteiger partial charge in [0, 0.05) is 34.8 Å². The van der Waals surface area contributed by atoms with Gasteiger partial charge >= 0.3 is 0 Å². The van der Waals surface area contributed by atoms with Gasteiger partial charge in [-0.05, 0) is 66.6 Å². The zero-order valence-electron chi connectivity index (χ0n) is 16.6. The summed E-state index contributed by atoms with van der Waals surface area (Å²) in [6.07, 6.45) is 6.69. The summed E-state index contributed by atoms with van der Waals surface area (Å²) < 4.78 is 14.6. The summed E-state index contributed by atoms with van der Waals surface area (Å²) in [6, 6.07) is 11.5. The lowest BCUT2D eigenvalue weighted by atomic mass is 9.89. The summed E-state index contributed by atoms with van der Waals surface area (Å²) in [5, 5.41) is 1.06. The molecule has 144 valence electrons. The molecule has 0 spiro atoms. The number of benzene rings is 2. The van der Waals surface area contributed by atoms with E-state index in [1.165, 1.54) is 48.8 Å². The van der Waals surface area contributed by atoms with Crippen molar-refractivity contribution >= 4 is 22.3 Å². The molecule has 2 aliphatic heterocycles. The maximum absolute atomic E-state index is 13.5. The fourth-order valence-corrected chi connectivity index (χ4v) is 4.75. The highest BCUT2D eigenvalue weighted by molar-refractivity contribution is 5.98. The van der Waals surface area contributed by atoms with Crippen molar-refractivity contribution in [2.24, 2.45) is 10.9 Å². The third-order valence-corrected chi connectivity index (χ3v) is 6.52. The Morgan fingerprint density at radius 3 is 2.75 bits per heavy atom. The summed E-state index contributed by atoms with van der Waals surface area (Å²) in [5.41, 5.74) is 6.91. The second kappa shape index (κ2) is 6.56. The minimum atomic E-state index is -0.210. The highest BCUT2D eigenvalue weighted by Crippen LogP contribution is 2.36. The molecule has 0 atom stereocenters. The number of H-pyrrole nitrogens is 1. The van der Waals surface area contributed by atoms with Crippen LogP contribution in [0.15, 0.2) is 47.6 Å². The summed E-state index contributed by atoms with van der Waals surface area (Å²) >= 11 is 0. The van der Waals surface area contributed by atoms with E-state index in [2.05, 4.69) is 37.3 Å². The van der Waals surface area contributed by atoms with Crippen LogP contribution in [0.25, 0.3) is 22.0 Å². The first-order chi connectivity index (χ1) is 13.5. The Morgan fingerprint density at radius 1 is 1.11 bits per heavy atom. The SMILES string of the molecule is C[N+]1(C)CCC(CC2=Nc3ccc(-c4c[nH]c5cc(F)ccc45)cc3C2)CC1. The number of hydrogen-bond donors (Lipinski definition) is 1. The van der Waals surface area contributed by atoms with Gasteiger partial charge in [-0.1, -0.05) is 6.07 Å². The highest BCUT2D eigenvalue weighted by atomic mass is 19.1. The summed E-state index contributed by atoms with van der Waals surface area (Å²) in [6.45, 7) is 2.55. The molecule has 0 aliphatic carbocycles. The zero-order chi connectivity index (χ0) is 19.3. The number of rotatable bonds is 3. The molecule has 0 saturated carbocycles. The van der Waals surface area contributed by atoms with Crippen molar-refractivity contribution in [2.45, 2.75) is 25.7 Å². The summed E-state index contributed by atoms with van der Waals surface area (Å²) in [5.74, 6) is 0.569. The van der Waals surface area contributed by atoms with Crippen LogP contribution in [-0.2, 0) is 6.42 Å². The average molecular weight is 376 g/mol. The molecule has 1 saturated heterocycles. The van der Waals surface area contributed by atoms with Crippen molar-refractivity contribution in [3.05, 3.63) is 54.0 Å². The molecule has 0 amide bonds. The van der Waals surface area contributed by atoms with Gasteiger partial charge in [0.15, 0.2) is 0 Å². The Kier molecular flexibility index (Phi) is 4.13. The van der Waals surface area contributed by atoms with Gasteiger partial charge in [-0.3, -0.25) is 4.99 Å². The number of nitrogens with one attached hydrogen (secondary N) is 1. The fraction of sp³-hybridized carbons (Fsp3) is 0.375. The number of piperidine rings is 1. The molecule has 2 aliphatic rings. The van der Waals surface area contributed by atoms with E-state index < -0.39 is 0 Å². The van der Waals surface area contributed by atoms with E-state index in [4.69, 9.17) is 4.99 Å². The normalized spacial score (nSPS) is 19.0. The number of nitrogens with zero attached hydrogens (tertiary/aromatic N) is 2. The van der Waals surface area contributed by atoms with Crippen LogP contribution in [-0.4, -0.2) is 42.4 Å². The minimum absolute atomic E-state index is 0.210. The van der Waals surface area contributed by atoms with Crippen molar-refractivity contribution in [3.8, 4) is 11.1 Å². The number of aromatic amines is 1. The van der Waals surface area contributed by atoms with Crippen LogP contribution in [0.4, 0.5) is 10.1 Å². The Bertz CT molecular complexity index is 1070. The second-order valence-electron chi connectivity index (χ2n) is 9.12. The highest BCUT2D eigenvalue weighted by Gasteiger charge is 2.28. The van der Waals surface area contributed by atoms with Crippen LogP contribution in [0.1, 0.15) is 24.8 Å². The van der Waals surface area contributed by atoms with E-state index in [9.17, 15) is 4.39 Å². The molecule has 3 aromatic rings. The first-order valence-electron chi connectivity index (χ1n) is 10.3. The van der Waals surface area contributed by atoms with Gasteiger partial charge in [-0.25, -0.2) is 4.39 Å². The van der Waals surface area contributed by atoms with Gasteiger partial charge in [0.25, 0.3) is 0 Å². The second-order valence-corrected chi connectivity index (χ2v) is 9.12. The van der Waals surface area contributed by atoms with Crippen LogP contribution < -0.4 is 0 Å². The molecule has 2 aromatic carbocycles. The maximum atomic E-state index is 13.5. The molecule has 3 nitrogen and oxygen atoms in total. The van der Waals surface area contributed by atoms with Gasteiger partial charge in [-0.2, -0.15) is 0 Å². The first-order valence-corrected chi connectivity index (χ1v) is 10.3. The topological polar surface area (TPSA) is 28.1 Å². The summed E-state index contributed by atoms with van der Waals surface area (Å²) in [4.78, 5) is 8.13. The largest absolute Gasteiger partial charge is 0.360 e. The van der Waals surface area contributed by atoms with Gasteiger partial charge in [0.1, 0.15) is 5.82 Å². The number of aliphatic imine (C=N–C) groups is 1. The number of fused-ring (bicyclic) bond motifs is 2. The van der Waals surface area contributed by atoms with Crippen LogP contribution in [0.5, 0.6) is 0 Å². The van der Waals surface area contributed by atoms with Crippen LogP contribution in [0.3, 0.4) is 0 Å². The number of halogens is 1. The third kappa shape index (κ3) is 3.26. The van der Waals surface area contributed by atoms with E-state index in [0.717, 1.165) is 45.4 Å². The van der Waals surface area contributed by atoms with Crippen molar-refractivity contribution in [1.29, 1.82) is 0 Å². The fourth-order valence-electron chi connectivity index (χ4n) is 4.75. The van der Waals surface area contributed by atoms with E-state index in [1.807, 2.05) is 12.3 Å². The molecule has 4 heteroatoms. The van der Waals surface area contributed by atoms with Crippen LogP contribution in [0, 0.1) is 11.7 Å². The molecule has 0 bridgehead atoms. The lowest BCUT2D eigenvalue weighted by Gasteiger charge is -2.37. The predicted octanol–water partition coefficient (Wildman–Crippen LogP) is 5.48. The van der Waals surface area contributed by atoms with Gasteiger partial charge < -0.3 is 9.47 Å². The Labute approximate surface area is 165 Å². The molecular weight excluding hydrogens is 349 g/mol. The number of likely N-dealkylation sites (tertiary alicyclic amines) is 1. The third-order valence-electron chi connectivity index (χ3n) is 6.52. The predicted molar refractivity (Wildman–Crippen MR) is 114 cm³/mol. The molecular formula is C24H27FN3+. The zero-order valence-corrected chi connectivity index (χ0v) is 16.6. The first kappa shape index (κ1) is 17.6. The number of aromatic nitrogens is 1. The Balaban J connectivity index is 1.34. The maximum Gasteiger partial charge on any atom is 0.125 e. The van der Waals surface area contributed by atoms with Gasteiger partial charge in [-0.15, -0.1) is 0 Å². The minimum Gasteiger partial charge on any atom is -0.360 e. The van der Waals surface area contributed by atoms with E-state index >= 15 is 0 Å². The molecule has 5 rings (SSSR count). The lowest BCUT2D eigenvalue weighted by Crippen LogP contribution is -2.46. The van der Waals surface area contributed by atoms with Gasteiger partial charge in [0.05, 0.1) is 32.9 Å². The van der Waals surface area contributed by atoms with Crippen LogP contribution in [0.2, 0.25) is 0 Å². The molecule has 0 radical (unpaired) electrons. The Hall–Kier alpha value is -2.46. The smallest absolute Gasteiger partial charge is 0.125 e. The molecule has 0 unspecified atom stereocenters. The van der Waals surface area contributed by atoms with Crippen molar-refractivity contribution in [3.63, 3.8) is 0 Å². The van der Waals surface area contributed by atoms with E-state index in [-0.39, 0.29) is 5.82 Å². The van der Waals surface area contributed by atoms with Crippen molar-refractivity contribution in [1.82, 2.24) is 4.98 Å². The van der Waals surface area contributed by atoms with Crippen molar-refractivity contribution < 1.29 is 8.87 Å². The van der Waals surface area contributed by atoms with Gasteiger partial charge in [0.2, 0.25) is 0 Å². The molecule has 28 heavy (non-hydrogen) atoms. The summed E-state index contributed by atoms with van der Waals surface area (Å²) in [7, 11) is 4.67. The monoisotopic (exact) mass is 376 g/mol. The molecule has 1 N–H and O–H groups in total. The average Bonchev–Trinajstić information content (AvgIpc) is 3.25. The number of hydrogen-bond acceptors (Lipinski definition) is 1. The molecule has 1 fully saturated rings. The lowest BCUT2D eigenvalue weighted by molar-refractivity contribution is -0.896. The number of quaternary nitrogens is 1. The van der Waals surface area contributed by atoms with Crippen molar-refractivity contribution in [2.75, 3.05) is 27.2 Å². The van der Waals surface area contributed by atoms with E-state index in [1.54, 1.807) is 6.07 Å². The molecule has 1 aromatic heterocycles. The van der Waals surface area contributed by atoms with Crippen LogP contribution >= 0.6 is 0 Å². The van der Waals surface area contributed by atoms with E-state index in [0.29, 0.717) is 0 Å². The quantitative estimate of drug-likeness (QED) is 0.587. The molecule has 3 heterocycles. The Morgan fingerprint density at radius 2 is 1.93 bits per heavy atom.